The summed E-state index contributed by atoms with van der Waals surface area (Å²) >= 11 is 1.81. The molecule has 8 heteroatoms. The van der Waals surface area contributed by atoms with Gasteiger partial charge in [-0.25, -0.2) is 4.98 Å². The van der Waals surface area contributed by atoms with Crippen LogP contribution in [0.3, 0.4) is 0 Å². The first-order valence-corrected chi connectivity index (χ1v) is 15.8. The number of esters is 1. The van der Waals surface area contributed by atoms with E-state index >= 15 is 0 Å². The summed E-state index contributed by atoms with van der Waals surface area (Å²) in [5.41, 5.74) is 2.17. The van der Waals surface area contributed by atoms with Crippen molar-refractivity contribution in [2.75, 3.05) is 51.0 Å². The molecule has 218 valence electrons. The summed E-state index contributed by atoms with van der Waals surface area (Å²) in [5, 5.41) is 4.57. The van der Waals surface area contributed by atoms with Crippen LogP contribution in [-0.2, 0) is 9.53 Å². The predicted octanol–water partition coefficient (Wildman–Crippen LogP) is 7.28. The maximum Gasteiger partial charge on any atom is 0.308 e. The monoisotopic (exact) mass is 575 g/mol. The van der Waals surface area contributed by atoms with E-state index in [1.165, 1.54) is 15.8 Å². The number of nitrogens with zero attached hydrogens (tertiary/aromatic N) is 3. The molecule has 0 spiro atoms. The Morgan fingerprint density at radius 2 is 1.80 bits per heavy atom. The van der Waals surface area contributed by atoms with E-state index in [4.69, 9.17) is 14.2 Å². The first-order valence-electron chi connectivity index (χ1n) is 14.9. The molecule has 5 rings (SSSR count). The Kier molecular flexibility index (Phi) is 10.7. The van der Waals surface area contributed by atoms with Crippen LogP contribution >= 0.6 is 11.3 Å². The maximum absolute atomic E-state index is 11.8. The quantitative estimate of drug-likeness (QED) is 0.0838. The van der Waals surface area contributed by atoms with Crippen LogP contribution in [0.2, 0.25) is 0 Å². The van der Waals surface area contributed by atoms with E-state index in [2.05, 4.69) is 51.4 Å². The molecule has 1 fully saturated rings. The van der Waals surface area contributed by atoms with Crippen molar-refractivity contribution in [2.45, 2.75) is 51.9 Å². The minimum absolute atomic E-state index is 0.124. The van der Waals surface area contributed by atoms with Crippen molar-refractivity contribution in [3.8, 4) is 11.6 Å². The molecular formula is C33H41N3O4S. The van der Waals surface area contributed by atoms with E-state index in [1.807, 2.05) is 35.6 Å². The van der Waals surface area contributed by atoms with Crippen LogP contribution < -0.4 is 14.4 Å². The molecular weight excluding hydrogens is 534 g/mol. The zero-order valence-corrected chi connectivity index (χ0v) is 24.9. The van der Waals surface area contributed by atoms with Crippen LogP contribution in [0.25, 0.3) is 21.0 Å². The minimum atomic E-state index is -0.230. The second-order valence-electron chi connectivity index (χ2n) is 10.6. The number of aromatic nitrogens is 1. The average Bonchev–Trinajstić information content (AvgIpc) is 3.49. The summed E-state index contributed by atoms with van der Waals surface area (Å²) in [6, 6.07) is 18.6. The summed E-state index contributed by atoms with van der Waals surface area (Å²) < 4.78 is 18.2. The highest BCUT2D eigenvalue weighted by Crippen LogP contribution is 2.31. The lowest BCUT2D eigenvalue weighted by molar-refractivity contribution is -0.150. The fraction of sp³-hybridized carbons (Fsp3) is 0.455. The number of carbonyl (C=O) groups excluding carboxylic acids is 1. The van der Waals surface area contributed by atoms with Gasteiger partial charge in [-0.2, -0.15) is 0 Å². The lowest BCUT2D eigenvalue weighted by Crippen LogP contribution is -2.46. The Balaban J connectivity index is 0.995. The molecule has 7 nitrogen and oxygen atoms in total. The first-order chi connectivity index (χ1) is 20.2. The summed E-state index contributed by atoms with van der Waals surface area (Å²) in [5.74, 6) is 1.00. The van der Waals surface area contributed by atoms with Crippen molar-refractivity contribution in [3.05, 3.63) is 60.0 Å². The first kappa shape index (κ1) is 29.1. The highest BCUT2D eigenvalue weighted by molar-refractivity contribution is 7.17. The Morgan fingerprint density at radius 1 is 0.927 bits per heavy atom. The lowest BCUT2D eigenvalue weighted by atomic mass is 10.2. The molecule has 0 atom stereocenters. The van der Waals surface area contributed by atoms with Crippen LogP contribution in [0.4, 0.5) is 5.69 Å². The molecule has 3 heterocycles. The summed E-state index contributed by atoms with van der Waals surface area (Å²) in [4.78, 5) is 21.5. The number of pyridine rings is 1. The van der Waals surface area contributed by atoms with Crippen molar-refractivity contribution >= 4 is 44.0 Å². The highest BCUT2D eigenvalue weighted by Gasteiger charge is 2.18. The predicted molar refractivity (Wildman–Crippen MR) is 167 cm³/mol. The van der Waals surface area contributed by atoms with E-state index < -0.39 is 0 Å². The maximum atomic E-state index is 11.8. The van der Waals surface area contributed by atoms with Gasteiger partial charge in [-0.05, 0) is 67.6 Å². The number of benzene rings is 2. The smallest absolute Gasteiger partial charge is 0.308 e. The van der Waals surface area contributed by atoms with Crippen LogP contribution in [0.5, 0.6) is 11.6 Å². The van der Waals surface area contributed by atoms with E-state index in [9.17, 15) is 4.79 Å². The van der Waals surface area contributed by atoms with Crippen molar-refractivity contribution < 1.29 is 19.0 Å². The topological polar surface area (TPSA) is 64.1 Å². The van der Waals surface area contributed by atoms with Crippen molar-refractivity contribution in [2.24, 2.45) is 0 Å². The molecule has 4 aromatic rings. The Morgan fingerprint density at radius 3 is 2.68 bits per heavy atom. The number of unbranched alkanes of at least 4 members (excludes halogenated alkanes) is 4. The Labute approximate surface area is 247 Å². The van der Waals surface area contributed by atoms with Gasteiger partial charge in [-0.3, -0.25) is 9.69 Å². The molecule has 1 aliphatic rings. The molecule has 0 unspecified atom stereocenters. The number of hydrogen-bond donors (Lipinski definition) is 0. The van der Waals surface area contributed by atoms with Gasteiger partial charge < -0.3 is 19.1 Å². The third-order valence-electron chi connectivity index (χ3n) is 7.62. The third kappa shape index (κ3) is 8.33. The van der Waals surface area contributed by atoms with Crippen LogP contribution in [0.15, 0.2) is 60.0 Å². The van der Waals surface area contributed by atoms with Gasteiger partial charge in [-0.15, -0.1) is 11.3 Å². The molecule has 2 aromatic heterocycles. The molecule has 2 aromatic carbocycles. The number of thiophene rings is 1. The molecule has 0 aliphatic carbocycles. The van der Waals surface area contributed by atoms with Crippen molar-refractivity contribution in [1.29, 1.82) is 0 Å². The van der Waals surface area contributed by atoms with Gasteiger partial charge in [0.15, 0.2) is 0 Å². The van der Waals surface area contributed by atoms with Crippen LogP contribution in [0.1, 0.15) is 51.9 Å². The largest absolute Gasteiger partial charge is 0.494 e. The Bertz CT molecular complexity index is 1400. The van der Waals surface area contributed by atoms with Gasteiger partial charge in [0, 0.05) is 65.9 Å². The number of carbonyl (C=O) groups is 1. The molecule has 0 radical (unpaired) electrons. The fourth-order valence-corrected chi connectivity index (χ4v) is 6.07. The number of ether oxygens (including phenoxy) is 3. The lowest BCUT2D eigenvalue weighted by Gasteiger charge is -2.36. The highest BCUT2D eigenvalue weighted by atomic mass is 32.1. The molecule has 1 aliphatic heterocycles. The van der Waals surface area contributed by atoms with Gasteiger partial charge >= 0.3 is 5.97 Å². The van der Waals surface area contributed by atoms with Crippen molar-refractivity contribution in [1.82, 2.24) is 9.88 Å². The molecule has 0 amide bonds. The minimum Gasteiger partial charge on any atom is -0.494 e. The van der Waals surface area contributed by atoms with Crippen LogP contribution in [-0.4, -0.2) is 62.0 Å². The summed E-state index contributed by atoms with van der Waals surface area (Å²) in [7, 11) is 0. The Hall–Kier alpha value is -3.36. The van der Waals surface area contributed by atoms with E-state index in [0.29, 0.717) is 18.9 Å². The van der Waals surface area contributed by atoms with Gasteiger partial charge in [0.05, 0.1) is 12.1 Å². The van der Waals surface area contributed by atoms with Gasteiger partial charge in [-0.1, -0.05) is 32.3 Å². The molecule has 0 saturated carbocycles. The van der Waals surface area contributed by atoms with Gasteiger partial charge in [0.1, 0.15) is 5.75 Å². The molecule has 0 N–H and O–H groups in total. The second kappa shape index (κ2) is 15.0. The average molecular weight is 576 g/mol. The molecule has 41 heavy (non-hydrogen) atoms. The number of rotatable bonds is 15. The van der Waals surface area contributed by atoms with E-state index in [0.717, 1.165) is 87.9 Å². The van der Waals surface area contributed by atoms with Crippen LogP contribution in [0, 0.1) is 0 Å². The number of fused-ring (bicyclic) bond motifs is 2. The fourth-order valence-electron chi connectivity index (χ4n) is 5.27. The zero-order valence-electron chi connectivity index (χ0n) is 24.1. The normalized spacial score (nSPS) is 14.0. The van der Waals surface area contributed by atoms with E-state index in [-0.39, 0.29) is 12.8 Å². The molecule has 0 bridgehead atoms. The number of anilines is 1. The number of hydrogen-bond acceptors (Lipinski definition) is 8. The third-order valence-corrected chi connectivity index (χ3v) is 8.50. The van der Waals surface area contributed by atoms with Crippen molar-refractivity contribution in [3.63, 3.8) is 0 Å². The van der Waals surface area contributed by atoms with Gasteiger partial charge in [0.25, 0.3) is 0 Å². The standard InChI is InChI=1S/C33H41N3O4S/c1-2-3-4-5-11-33(37)40-25-39-32-15-13-26-12-14-27(24-29(26)34-32)38-22-7-6-17-35-18-20-36(21-19-35)30-9-8-10-31-28(30)16-23-41-31/h8-10,12-16,23-24H,2-7,11,17-22,25H2,1H3. The van der Waals surface area contributed by atoms with Gasteiger partial charge in [0.2, 0.25) is 12.7 Å². The summed E-state index contributed by atoms with van der Waals surface area (Å²) in [6.45, 7) is 8.14. The zero-order chi connectivity index (χ0) is 28.3. The SMILES string of the molecule is CCCCCCC(=O)OCOc1ccc2ccc(OCCCCN3CCN(c4cccc5sccc45)CC3)cc2n1. The number of piperazine rings is 1. The molecule has 1 saturated heterocycles. The second-order valence-corrected chi connectivity index (χ2v) is 11.5. The van der Waals surface area contributed by atoms with E-state index in [1.54, 1.807) is 6.07 Å². The summed E-state index contributed by atoms with van der Waals surface area (Å²) in [6.07, 6.45) is 6.74.